The predicted octanol–water partition coefficient (Wildman–Crippen LogP) is 4.76. The summed E-state index contributed by atoms with van der Waals surface area (Å²) in [6.07, 6.45) is 0. The van der Waals surface area contributed by atoms with Crippen LogP contribution in [0.25, 0.3) is 22.4 Å². The minimum absolute atomic E-state index is 0.370. The van der Waals surface area contributed by atoms with Gasteiger partial charge in [-0.2, -0.15) is 0 Å². The molecule has 4 nitrogen and oxygen atoms in total. The Labute approximate surface area is 145 Å². The van der Waals surface area contributed by atoms with Crippen molar-refractivity contribution in [3.63, 3.8) is 0 Å². The highest BCUT2D eigenvalue weighted by Gasteiger charge is 2.10. The standard InChI is InChI=1S/C21H16N2O2/c1-14-6-4-8-16(12-14)21(24)25-17-9-5-7-15(13-17)20-22-18-10-2-3-11-19(18)23-20/h2-13H,1H3,(H,22,23). The van der Waals surface area contributed by atoms with Crippen molar-refractivity contribution >= 4 is 17.0 Å². The van der Waals surface area contributed by atoms with Crippen LogP contribution >= 0.6 is 0 Å². The summed E-state index contributed by atoms with van der Waals surface area (Å²) in [5.74, 6) is 0.865. The van der Waals surface area contributed by atoms with E-state index in [9.17, 15) is 4.79 Å². The first-order chi connectivity index (χ1) is 12.2. The van der Waals surface area contributed by atoms with E-state index in [1.807, 2.05) is 67.6 Å². The molecule has 1 N–H and O–H groups in total. The lowest BCUT2D eigenvalue weighted by Gasteiger charge is -2.06. The summed E-state index contributed by atoms with van der Waals surface area (Å²) in [5.41, 5.74) is 4.30. The van der Waals surface area contributed by atoms with Gasteiger partial charge in [0.1, 0.15) is 11.6 Å². The van der Waals surface area contributed by atoms with E-state index < -0.39 is 0 Å². The molecule has 0 amide bonds. The van der Waals surface area contributed by atoms with Crippen LogP contribution in [0.1, 0.15) is 15.9 Å². The van der Waals surface area contributed by atoms with Gasteiger partial charge < -0.3 is 9.72 Å². The summed E-state index contributed by atoms with van der Waals surface area (Å²) in [6.45, 7) is 1.94. The number of carbonyl (C=O) groups excluding carboxylic acids is 1. The van der Waals surface area contributed by atoms with Crippen LogP contribution in [0.2, 0.25) is 0 Å². The maximum absolute atomic E-state index is 12.3. The lowest BCUT2D eigenvalue weighted by molar-refractivity contribution is 0.0735. The number of esters is 1. The number of H-pyrrole nitrogens is 1. The summed E-state index contributed by atoms with van der Waals surface area (Å²) in [5, 5.41) is 0. The molecule has 0 saturated carbocycles. The van der Waals surface area contributed by atoms with Crippen molar-refractivity contribution in [3.05, 3.63) is 83.9 Å². The molecule has 0 aliphatic rings. The fourth-order valence-corrected chi connectivity index (χ4v) is 2.73. The van der Waals surface area contributed by atoms with Crippen LogP contribution < -0.4 is 4.74 Å². The topological polar surface area (TPSA) is 55.0 Å². The highest BCUT2D eigenvalue weighted by atomic mass is 16.5. The Hall–Kier alpha value is -3.40. The molecule has 0 bridgehead atoms. The Bertz CT molecular complexity index is 1030. The first-order valence-electron chi connectivity index (χ1n) is 8.03. The minimum atomic E-state index is -0.370. The van der Waals surface area contributed by atoms with E-state index >= 15 is 0 Å². The zero-order valence-electron chi connectivity index (χ0n) is 13.7. The number of benzene rings is 3. The molecule has 25 heavy (non-hydrogen) atoms. The molecule has 0 unspecified atom stereocenters. The summed E-state index contributed by atoms with van der Waals surface area (Å²) >= 11 is 0. The van der Waals surface area contributed by atoms with Crippen molar-refractivity contribution in [2.24, 2.45) is 0 Å². The van der Waals surface area contributed by atoms with E-state index in [4.69, 9.17) is 4.74 Å². The van der Waals surface area contributed by atoms with Crippen molar-refractivity contribution in [2.75, 3.05) is 0 Å². The highest BCUT2D eigenvalue weighted by molar-refractivity contribution is 5.91. The molecule has 0 spiro atoms. The van der Waals surface area contributed by atoms with Crippen LogP contribution in [0, 0.1) is 6.92 Å². The summed E-state index contributed by atoms with van der Waals surface area (Å²) < 4.78 is 5.51. The molecule has 4 aromatic rings. The molecule has 1 aromatic heterocycles. The van der Waals surface area contributed by atoms with E-state index in [0.717, 1.165) is 28.0 Å². The minimum Gasteiger partial charge on any atom is -0.423 e. The van der Waals surface area contributed by atoms with Crippen LogP contribution in [0.15, 0.2) is 72.8 Å². The molecule has 1 heterocycles. The molecule has 0 saturated heterocycles. The molecule has 0 atom stereocenters. The number of hydrogen-bond donors (Lipinski definition) is 1. The molecular weight excluding hydrogens is 312 g/mol. The molecule has 4 rings (SSSR count). The summed E-state index contributed by atoms with van der Waals surface area (Å²) in [7, 11) is 0. The number of rotatable bonds is 3. The largest absolute Gasteiger partial charge is 0.423 e. The Morgan fingerprint density at radius 2 is 1.80 bits per heavy atom. The van der Waals surface area contributed by atoms with E-state index in [1.54, 1.807) is 12.1 Å². The van der Waals surface area contributed by atoms with E-state index in [-0.39, 0.29) is 5.97 Å². The predicted molar refractivity (Wildman–Crippen MR) is 97.7 cm³/mol. The van der Waals surface area contributed by atoms with Gasteiger partial charge in [0.2, 0.25) is 0 Å². The van der Waals surface area contributed by atoms with Gasteiger partial charge in [0.25, 0.3) is 0 Å². The average molecular weight is 328 g/mol. The number of para-hydroxylation sites is 2. The van der Waals surface area contributed by atoms with Crippen molar-refractivity contribution in [1.29, 1.82) is 0 Å². The smallest absolute Gasteiger partial charge is 0.343 e. The highest BCUT2D eigenvalue weighted by Crippen LogP contribution is 2.24. The molecule has 4 heteroatoms. The summed E-state index contributed by atoms with van der Waals surface area (Å²) in [4.78, 5) is 20.2. The van der Waals surface area contributed by atoms with Gasteiger partial charge in [-0.05, 0) is 43.3 Å². The Balaban J connectivity index is 1.62. The van der Waals surface area contributed by atoms with Crippen LogP contribution in [-0.4, -0.2) is 15.9 Å². The second kappa shape index (κ2) is 6.24. The third-order valence-electron chi connectivity index (χ3n) is 3.96. The zero-order valence-corrected chi connectivity index (χ0v) is 13.7. The Kier molecular flexibility index (Phi) is 3.78. The van der Waals surface area contributed by atoms with Crippen molar-refractivity contribution in [3.8, 4) is 17.1 Å². The molecule has 0 aliphatic heterocycles. The quantitative estimate of drug-likeness (QED) is 0.436. The van der Waals surface area contributed by atoms with Crippen LogP contribution in [0.4, 0.5) is 0 Å². The van der Waals surface area contributed by atoms with Crippen LogP contribution in [0.5, 0.6) is 5.75 Å². The maximum atomic E-state index is 12.3. The Morgan fingerprint density at radius 3 is 2.64 bits per heavy atom. The van der Waals surface area contributed by atoms with Gasteiger partial charge in [0.15, 0.2) is 0 Å². The third-order valence-corrected chi connectivity index (χ3v) is 3.96. The molecule has 0 aliphatic carbocycles. The fraction of sp³-hybridized carbons (Fsp3) is 0.0476. The normalized spacial score (nSPS) is 10.8. The number of carbonyl (C=O) groups is 1. The van der Waals surface area contributed by atoms with Crippen molar-refractivity contribution in [2.45, 2.75) is 6.92 Å². The van der Waals surface area contributed by atoms with E-state index in [0.29, 0.717) is 11.3 Å². The number of fused-ring (bicyclic) bond motifs is 1. The second-order valence-corrected chi connectivity index (χ2v) is 5.89. The number of aryl methyl sites for hydroxylation is 1. The Morgan fingerprint density at radius 1 is 0.960 bits per heavy atom. The number of imidazole rings is 1. The van der Waals surface area contributed by atoms with Gasteiger partial charge in [0.05, 0.1) is 16.6 Å². The van der Waals surface area contributed by atoms with E-state index in [1.165, 1.54) is 0 Å². The molecule has 3 aromatic carbocycles. The fourth-order valence-electron chi connectivity index (χ4n) is 2.73. The number of aromatic amines is 1. The number of nitrogens with zero attached hydrogens (tertiary/aromatic N) is 1. The average Bonchev–Trinajstić information content (AvgIpc) is 3.06. The lowest BCUT2D eigenvalue weighted by atomic mass is 10.1. The number of hydrogen-bond acceptors (Lipinski definition) is 3. The molecular formula is C21H16N2O2. The maximum Gasteiger partial charge on any atom is 0.343 e. The number of aromatic nitrogens is 2. The van der Waals surface area contributed by atoms with Gasteiger partial charge in [-0.15, -0.1) is 0 Å². The van der Waals surface area contributed by atoms with Gasteiger partial charge in [-0.25, -0.2) is 9.78 Å². The monoisotopic (exact) mass is 328 g/mol. The number of ether oxygens (including phenoxy) is 1. The van der Waals surface area contributed by atoms with Gasteiger partial charge in [-0.3, -0.25) is 0 Å². The molecule has 0 fully saturated rings. The zero-order chi connectivity index (χ0) is 17.2. The number of nitrogens with one attached hydrogen (secondary N) is 1. The van der Waals surface area contributed by atoms with Gasteiger partial charge in [0, 0.05) is 5.56 Å². The first kappa shape index (κ1) is 15.1. The van der Waals surface area contributed by atoms with Crippen LogP contribution in [0.3, 0.4) is 0 Å². The lowest BCUT2D eigenvalue weighted by Crippen LogP contribution is -2.08. The first-order valence-corrected chi connectivity index (χ1v) is 8.03. The van der Waals surface area contributed by atoms with Gasteiger partial charge >= 0.3 is 5.97 Å². The van der Waals surface area contributed by atoms with Crippen LogP contribution in [-0.2, 0) is 0 Å². The van der Waals surface area contributed by atoms with Gasteiger partial charge in [-0.1, -0.05) is 42.0 Å². The second-order valence-electron chi connectivity index (χ2n) is 5.89. The van der Waals surface area contributed by atoms with Crippen molar-refractivity contribution < 1.29 is 9.53 Å². The van der Waals surface area contributed by atoms with E-state index in [2.05, 4.69) is 9.97 Å². The SMILES string of the molecule is Cc1cccc(C(=O)Oc2cccc(-c3nc4ccccc4[nH]3)c2)c1. The summed E-state index contributed by atoms with van der Waals surface area (Å²) in [6, 6.07) is 22.6. The molecule has 122 valence electrons. The third kappa shape index (κ3) is 3.15. The van der Waals surface area contributed by atoms with Crippen molar-refractivity contribution in [1.82, 2.24) is 9.97 Å². The molecule has 0 radical (unpaired) electrons.